The van der Waals surface area contributed by atoms with Gasteiger partial charge in [-0.1, -0.05) is 0 Å². The van der Waals surface area contributed by atoms with Crippen molar-refractivity contribution in [3.8, 4) is 0 Å². The molecular weight excluding hydrogens is 178 g/mol. The Morgan fingerprint density at radius 2 is 2.50 bits per heavy atom. The van der Waals surface area contributed by atoms with Crippen LogP contribution in [0.15, 0.2) is 23.1 Å². The van der Waals surface area contributed by atoms with Gasteiger partial charge >= 0.3 is 0 Å². The number of rotatable bonds is 2. The van der Waals surface area contributed by atoms with Gasteiger partial charge in [0.15, 0.2) is 0 Å². The summed E-state index contributed by atoms with van der Waals surface area (Å²) in [4.78, 5) is 7.82. The molecule has 0 unspecified atom stereocenters. The largest absolute Gasteiger partial charge is 0.476 e. The van der Waals surface area contributed by atoms with E-state index in [1.165, 1.54) is 6.20 Å². The van der Waals surface area contributed by atoms with Crippen molar-refractivity contribution >= 4 is 17.7 Å². The van der Waals surface area contributed by atoms with E-state index in [4.69, 9.17) is 16.5 Å². The van der Waals surface area contributed by atoms with Gasteiger partial charge in [0.1, 0.15) is 5.69 Å². The molecule has 0 saturated carbocycles. The van der Waals surface area contributed by atoms with Crippen LogP contribution < -0.4 is 0 Å². The fourth-order valence-electron chi connectivity index (χ4n) is 0.688. The first-order valence-corrected chi connectivity index (χ1v) is 3.80. The second-order valence-corrected chi connectivity index (χ2v) is 2.08. The molecule has 12 heavy (non-hydrogen) atoms. The van der Waals surface area contributed by atoms with Crippen molar-refractivity contribution < 1.29 is 4.74 Å². The van der Waals surface area contributed by atoms with E-state index in [-0.39, 0.29) is 0 Å². The van der Waals surface area contributed by atoms with E-state index in [2.05, 4.69) is 14.5 Å². The van der Waals surface area contributed by atoms with E-state index in [1.807, 2.05) is 6.92 Å². The Hall–Kier alpha value is -1.16. The van der Waals surface area contributed by atoms with Crippen LogP contribution in [0.1, 0.15) is 12.6 Å². The van der Waals surface area contributed by atoms with Crippen molar-refractivity contribution in [2.45, 2.75) is 6.92 Å². The lowest BCUT2D eigenvalue weighted by Gasteiger charge is -2.02. The summed E-state index contributed by atoms with van der Waals surface area (Å²) in [7, 11) is 0. The van der Waals surface area contributed by atoms with Crippen LogP contribution in [0.25, 0.3) is 0 Å². The van der Waals surface area contributed by atoms with Gasteiger partial charge in [-0.2, -0.15) is 0 Å². The minimum Gasteiger partial charge on any atom is -0.476 e. The summed E-state index contributed by atoms with van der Waals surface area (Å²) in [5.41, 5.74) is 0.536. The van der Waals surface area contributed by atoms with Gasteiger partial charge in [-0.15, -0.1) is 4.51 Å². The number of ether oxygens (including phenoxy) is 1. The van der Waals surface area contributed by atoms with Crippen molar-refractivity contribution in [2.75, 3.05) is 6.61 Å². The smallest absolute Gasteiger partial charge is 0.253 e. The number of hydrogen-bond donors (Lipinski definition) is 0. The molecular formula is C7H8ClN3O. The average molecular weight is 186 g/mol. The molecule has 1 rings (SSSR count). The van der Waals surface area contributed by atoms with Crippen LogP contribution >= 0.6 is 11.8 Å². The predicted molar refractivity (Wildman–Crippen MR) is 46.0 cm³/mol. The van der Waals surface area contributed by atoms with Gasteiger partial charge in [-0.05, 0) is 6.92 Å². The van der Waals surface area contributed by atoms with Crippen molar-refractivity contribution in [1.82, 2.24) is 9.97 Å². The maximum absolute atomic E-state index is 5.28. The van der Waals surface area contributed by atoms with E-state index in [0.29, 0.717) is 18.2 Å². The molecule has 1 aromatic heterocycles. The molecule has 0 fully saturated rings. The van der Waals surface area contributed by atoms with Crippen LogP contribution in [-0.2, 0) is 4.74 Å². The third-order valence-corrected chi connectivity index (χ3v) is 1.29. The monoisotopic (exact) mass is 185 g/mol. The summed E-state index contributed by atoms with van der Waals surface area (Å²) in [6.45, 7) is 2.35. The summed E-state index contributed by atoms with van der Waals surface area (Å²) >= 11 is 5.28. The Balaban J connectivity index is 2.82. The van der Waals surface area contributed by atoms with Gasteiger partial charge in [0, 0.05) is 24.2 Å². The third kappa shape index (κ3) is 2.17. The number of aromatic nitrogens is 2. The van der Waals surface area contributed by atoms with Gasteiger partial charge in [0.2, 0.25) is 0 Å². The van der Waals surface area contributed by atoms with Crippen molar-refractivity contribution in [3.63, 3.8) is 0 Å². The van der Waals surface area contributed by atoms with Crippen molar-refractivity contribution in [1.29, 1.82) is 0 Å². The van der Waals surface area contributed by atoms with E-state index in [0.717, 1.165) is 0 Å². The highest BCUT2D eigenvalue weighted by molar-refractivity contribution is 6.20. The highest BCUT2D eigenvalue weighted by atomic mass is 35.5. The fourth-order valence-corrected chi connectivity index (χ4v) is 0.823. The molecule has 0 amide bonds. The highest BCUT2D eigenvalue weighted by Gasteiger charge is 2.03. The molecule has 0 aliphatic carbocycles. The molecule has 0 aliphatic heterocycles. The predicted octanol–water partition coefficient (Wildman–Crippen LogP) is 1.41. The van der Waals surface area contributed by atoms with Crippen LogP contribution in [0.4, 0.5) is 0 Å². The normalized spacial score (nSPS) is 11.3. The zero-order chi connectivity index (χ0) is 8.81. The minimum atomic E-state index is 0.298. The van der Waals surface area contributed by atoms with E-state index >= 15 is 0 Å². The first-order chi connectivity index (χ1) is 5.88. The van der Waals surface area contributed by atoms with Crippen LogP contribution in [0.5, 0.6) is 0 Å². The Kier molecular flexibility index (Phi) is 3.47. The molecule has 0 spiro atoms. The van der Waals surface area contributed by atoms with Crippen LogP contribution in [0.2, 0.25) is 0 Å². The lowest BCUT2D eigenvalue weighted by Crippen LogP contribution is -2.07. The van der Waals surface area contributed by atoms with Gasteiger partial charge in [-0.25, -0.2) is 4.98 Å². The van der Waals surface area contributed by atoms with Gasteiger partial charge in [-0.3, -0.25) is 4.98 Å². The first-order valence-electron chi connectivity index (χ1n) is 3.46. The van der Waals surface area contributed by atoms with Crippen molar-refractivity contribution in [2.24, 2.45) is 4.51 Å². The molecule has 0 aromatic carbocycles. The van der Waals surface area contributed by atoms with Crippen LogP contribution in [-0.4, -0.2) is 22.5 Å². The molecule has 0 N–H and O–H groups in total. The molecule has 4 nitrogen and oxygen atoms in total. The zero-order valence-electron chi connectivity index (χ0n) is 6.57. The quantitative estimate of drug-likeness (QED) is 0.517. The first kappa shape index (κ1) is 8.93. The lowest BCUT2D eigenvalue weighted by molar-refractivity contribution is 0.328. The number of hydrogen-bond acceptors (Lipinski definition) is 4. The molecule has 1 aromatic rings. The molecule has 5 heteroatoms. The zero-order valence-corrected chi connectivity index (χ0v) is 7.32. The summed E-state index contributed by atoms with van der Waals surface area (Å²) < 4.78 is 8.50. The number of halogens is 1. The SMILES string of the molecule is CCOC(=NCl)c1cnccn1. The topological polar surface area (TPSA) is 47.4 Å². The maximum atomic E-state index is 5.28. The van der Waals surface area contributed by atoms with Gasteiger partial charge in [0.05, 0.1) is 12.8 Å². The summed E-state index contributed by atoms with van der Waals surface area (Å²) in [6.07, 6.45) is 4.66. The molecule has 64 valence electrons. The average Bonchev–Trinajstić information content (AvgIpc) is 2.15. The lowest BCUT2D eigenvalue weighted by atomic mass is 10.4. The fraction of sp³-hybridized carbons (Fsp3) is 0.286. The van der Waals surface area contributed by atoms with Crippen molar-refractivity contribution in [3.05, 3.63) is 24.3 Å². The third-order valence-electron chi connectivity index (χ3n) is 1.14. The minimum absolute atomic E-state index is 0.298. The number of nitrogens with zero attached hydrogens (tertiary/aromatic N) is 3. The van der Waals surface area contributed by atoms with Gasteiger partial charge < -0.3 is 4.74 Å². The van der Waals surface area contributed by atoms with Gasteiger partial charge in [0.25, 0.3) is 5.90 Å². The molecule has 0 radical (unpaired) electrons. The second kappa shape index (κ2) is 4.66. The Labute approximate surface area is 75.4 Å². The molecule has 1 heterocycles. The summed E-state index contributed by atoms with van der Waals surface area (Å²) in [6, 6.07) is 0. The molecule has 0 bridgehead atoms. The van der Waals surface area contributed by atoms with Crippen LogP contribution in [0, 0.1) is 0 Å². The standard InChI is InChI=1S/C7H8ClN3O/c1-2-12-7(11-8)6-5-9-3-4-10-6/h3-5H,2H2,1H3. The second-order valence-electron chi connectivity index (χ2n) is 1.91. The van der Waals surface area contributed by atoms with E-state index < -0.39 is 0 Å². The van der Waals surface area contributed by atoms with Crippen LogP contribution in [0.3, 0.4) is 0 Å². The summed E-state index contributed by atoms with van der Waals surface area (Å²) in [5, 5.41) is 0. The molecule has 0 aliphatic rings. The molecule has 0 atom stereocenters. The summed E-state index contributed by atoms with van der Waals surface area (Å²) in [5.74, 6) is 0.298. The van der Waals surface area contributed by atoms with E-state index in [1.54, 1.807) is 12.4 Å². The van der Waals surface area contributed by atoms with E-state index in [9.17, 15) is 0 Å². The Bertz CT molecular complexity index is 263. The molecule has 0 saturated heterocycles. The highest BCUT2D eigenvalue weighted by Crippen LogP contribution is 1.98. The Morgan fingerprint density at radius 3 is 3.00 bits per heavy atom. The Morgan fingerprint density at radius 1 is 1.67 bits per heavy atom. The maximum Gasteiger partial charge on any atom is 0.253 e.